The van der Waals surface area contributed by atoms with Crippen LogP contribution in [0.1, 0.15) is 27.4 Å². The Morgan fingerprint density at radius 1 is 1.13 bits per heavy atom. The SMILES string of the molecule is Cc1cc(C(F)(F)F)n2nc(C(=O)Nc3nn(Cc4ccccc4Cl)cc3Cl)cc2n1. The van der Waals surface area contributed by atoms with E-state index in [1.54, 1.807) is 12.1 Å². The van der Waals surface area contributed by atoms with Crippen LogP contribution in [0.25, 0.3) is 5.65 Å². The molecule has 4 aromatic rings. The van der Waals surface area contributed by atoms with E-state index in [0.717, 1.165) is 17.7 Å². The fourth-order valence-corrected chi connectivity index (χ4v) is 3.34. The first-order chi connectivity index (χ1) is 14.6. The van der Waals surface area contributed by atoms with Crippen LogP contribution in [0.2, 0.25) is 10.0 Å². The number of hydrogen-bond acceptors (Lipinski definition) is 4. The second kappa shape index (κ2) is 7.86. The van der Waals surface area contributed by atoms with Crippen molar-refractivity contribution in [2.24, 2.45) is 0 Å². The van der Waals surface area contributed by atoms with E-state index in [9.17, 15) is 18.0 Å². The molecule has 0 spiro atoms. The third-order valence-electron chi connectivity index (χ3n) is 4.32. The molecule has 0 unspecified atom stereocenters. The van der Waals surface area contributed by atoms with E-state index in [2.05, 4.69) is 20.5 Å². The Hall–Kier alpha value is -3.11. The number of hydrogen-bond donors (Lipinski definition) is 1. The Morgan fingerprint density at radius 3 is 2.58 bits per heavy atom. The van der Waals surface area contributed by atoms with Gasteiger partial charge in [-0.1, -0.05) is 41.4 Å². The zero-order chi connectivity index (χ0) is 22.3. The summed E-state index contributed by atoms with van der Waals surface area (Å²) in [6, 6.07) is 9.19. The van der Waals surface area contributed by atoms with E-state index in [0.29, 0.717) is 16.1 Å². The van der Waals surface area contributed by atoms with Crippen molar-refractivity contribution in [2.75, 3.05) is 5.32 Å². The molecule has 1 amide bonds. The van der Waals surface area contributed by atoms with Gasteiger partial charge in [-0.25, -0.2) is 9.50 Å². The minimum absolute atomic E-state index is 0.0379. The molecule has 12 heteroatoms. The van der Waals surface area contributed by atoms with Gasteiger partial charge in [0, 0.05) is 23.0 Å². The molecule has 7 nitrogen and oxygen atoms in total. The molecule has 0 bridgehead atoms. The number of nitrogens with zero attached hydrogens (tertiary/aromatic N) is 5. The summed E-state index contributed by atoms with van der Waals surface area (Å²) in [4.78, 5) is 16.6. The predicted octanol–water partition coefficient (Wildman–Crippen LogP) is 4.86. The van der Waals surface area contributed by atoms with Crippen LogP contribution in [-0.4, -0.2) is 30.3 Å². The number of fused-ring (bicyclic) bond motifs is 1. The number of anilines is 1. The zero-order valence-corrected chi connectivity index (χ0v) is 17.3. The van der Waals surface area contributed by atoms with Crippen molar-refractivity contribution < 1.29 is 18.0 Å². The molecule has 31 heavy (non-hydrogen) atoms. The summed E-state index contributed by atoms with van der Waals surface area (Å²) in [5.41, 5.74) is -0.458. The number of carbonyl (C=O) groups excluding carboxylic acids is 1. The van der Waals surface area contributed by atoms with Gasteiger partial charge in [-0.2, -0.15) is 23.4 Å². The summed E-state index contributed by atoms with van der Waals surface area (Å²) in [5.74, 6) is -0.739. The molecule has 3 aromatic heterocycles. The number of nitrogens with one attached hydrogen (secondary N) is 1. The van der Waals surface area contributed by atoms with Crippen molar-refractivity contribution in [1.82, 2.24) is 24.4 Å². The van der Waals surface area contributed by atoms with Crippen molar-refractivity contribution in [3.63, 3.8) is 0 Å². The molecular formula is C19H13Cl2F3N6O. The van der Waals surface area contributed by atoms with Crippen LogP contribution in [0.3, 0.4) is 0 Å². The van der Waals surface area contributed by atoms with Gasteiger partial charge in [0.1, 0.15) is 10.7 Å². The van der Waals surface area contributed by atoms with Gasteiger partial charge in [-0.15, -0.1) is 0 Å². The van der Waals surface area contributed by atoms with Crippen LogP contribution in [0, 0.1) is 6.92 Å². The molecule has 0 aliphatic carbocycles. The van der Waals surface area contributed by atoms with Crippen LogP contribution in [0.4, 0.5) is 19.0 Å². The first-order valence-corrected chi connectivity index (χ1v) is 9.60. The largest absolute Gasteiger partial charge is 0.433 e. The number of benzene rings is 1. The fourth-order valence-electron chi connectivity index (χ4n) is 2.95. The molecule has 0 saturated carbocycles. The van der Waals surface area contributed by atoms with Gasteiger partial charge in [0.15, 0.2) is 17.2 Å². The Kier molecular flexibility index (Phi) is 5.36. The molecule has 0 radical (unpaired) electrons. The lowest BCUT2D eigenvalue weighted by atomic mass is 10.2. The molecule has 1 aromatic carbocycles. The van der Waals surface area contributed by atoms with Crippen LogP contribution < -0.4 is 5.32 Å². The topological polar surface area (TPSA) is 77.1 Å². The highest BCUT2D eigenvalue weighted by Gasteiger charge is 2.35. The second-order valence-corrected chi connectivity index (χ2v) is 7.46. The number of amides is 1. The fraction of sp³-hybridized carbons (Fsp3) is 0.158. The van der Waals surface area contributed by atoms with Crippen molar-refractivity contribution in [1.29, 1.82) is 0 Å². The minimum atomic E-state index is -4.66. The Bertz CT molecular complexity index is 1300. The van der Waals surface area contributed by atoms with E-state index in [1.807, 2.05) is 12.1 Å². The molecule has 1 N–H and O–H groups in total. The first kappa shape index (κ1) is 21.1. The van der Waals surface area contributed by atoms with Crippen molar-refractivity contribution in [3.05, 3.63) is 75.3 Å². The maximum Gasteiger partial charge on any atom is 0.433 e. The van der Waals surface area contributed by atoms with Gasteiger partial charge in [-0.05, 0) is 24.6 Å². The molecule has 0 aliphatic heterocycles. The number of aromatic nitrogens is 5. The van der Waals surface area contributed by atoms with Crippen LogP contribution >= 0.6 is 23.2 Å². The summed E-state index contributed by atoms with van der Waals surface area (Å²) in [6.45, 7) is 1.73. The maximum atomic E-state index is 13.3. The summed E-state index contributed by atoms with van der Waals surface area (Å²) in [6.07, 6.45) is -3.16. The summed E-state index contributed by atoms with van der Waals surface area (Å²) < 4.78 is 41.9. The van der Waals surface area contributed by atoms with E-state index in [4.69, 9.17) is 23.2 Å². The monoisotopic (exact) mass is 468 g/mol. The van der Waals surface area contributed by atoms with E-state index >= 15 is 0 Å². The Labute approximate surface area is 183 Å². The zero-order valence-electron chi connectivity index (χ0n) is 15.8. The highest BCUT2D eigenvalue weighted by Crippen LogP contribution is 2.30. The molecule has 0 atom stereocenters. The number of aryl methyl sites for hydroxylation is 1. The molecule has 0 saturated heterocycles. The average molecular weight is 469 g/mol. The third kappa shape index (κ3) is 4.35. The molecular weight excluding hydrogens is 456 g/mol. The Balaban J connectivity index is 1.60. The van der Waals surface area contributed by atoms with Gasteiger partial charge in [0.2, 0.25) is 0 Å². The lowest BCUT2D eigenvalue weighted by Crippen LogP contribution is -2.16. The number of rotatable bonds is 4. The lowest BCUT2D eigenvalue weighted by Gasteiger charge is -2.09. The summed E-state index contributed by atoms with van der Waals surface area (Å²) in [5, 5.41) is 11.1. The Morgan fingerprint density at radius 2 is 1.87 bits per heavy atom. The molecule has 160 valence electrons. The van der Waals surface area contributed by atoms with Gasteiger partial charge >= 0.3 is 6.18 Å². The molecule has 4 rings (SSSR count). The molecule has 0 fully saturated rings. The predicted molar refractivity (Wildman–Crippen MR) is 108 cm³/mol. The molecule has 0 aliphatic rings. The second-order valence-electron chi connectivity index (χ2n) is 6.65. The van der Waals surface area contributed by atoms with Gasteiger partial charge in [0.05, 0.1) is 6.54 Å². The van der Waals surface area contributed by atoms with E-state index in [1.165, 1.54) is 17.8 Å². The third-order valence-corrected chi connectivity index (χ3v) is 4.96. The van der Waals surface area contributed by atoms with Gasteiger partial charge in [0.25, 0.3) is 5.91 Å². The quantitative estimate of drug-likeness (QED) is 0.463. The van der Waals surface area contributed by atoms with Crippen molar-refractivity contribution >= 4 is 40.6 Å². The van der Waals surface area contributed by atoms with Crippen LogP contribution in [0.5, 0.6) is 0 Å². The number of alkyl halides is 3. The summed E-state index contributed by atoms with van der Waals surface area (Å²) in [7, 11) is 0. The summed E-state index contributed by atoms with van der Waals surface area (Å²) >= 11 is 12.3. The van der Waals surface area contributed by atoms with Crippen LogP contribution in [-0.2, 0) is 12.7 Å². The normalized spacial score (nSPS) is 11.8. The highest BCUT2D eigenvalue weighted by molar-refractivity contribution is 6.33. The lowest BCUT2D eigenvalue weighted by molar-refractivity contribution is -0.142. The standard InChI is InChI=1S/C19H13Cl2F3N6O/c1-10-6-15(19(22,23)24)30-16(25-10)7-14(27-30)18(31)26-17-13(21)9-29(28-17)8-11-4-2-3-5-12(11)20/h2-7,9H,8H2,1H3,(H,26,28,31). The first-order valence-electron chi connectivity index (χ1n) is 8.84. The average Bonchev–Trinajstić information content (AvgIpc) is 3.25. The van der Waals surface area contributed by atoms with Gasteiger partial charge in [-0.3, -0.25) is 9.48 Å². The highest BCUT2D eigenvalue weighted by atomic mass is 35.5. The molecule has 3 heterocycles. The van der Waals surface area contributed by atoms with E-state index in [-0.39, 0.29) is 27.9 Å². The van der Waals surface area contributed by atoms with Gasteiger partial charge < -0.3 is 5.32 Å². The van der Waals surface area contributed by atoms with E-state index < -0.39 is 17.8 Å². The van der Waals surface area contributed by atoms with Crippen molar-refractivity contribution in [2.45, 2.75) is 19.6 Å². The minimum Gasteiger partial charge on any atom is -0.302 e. The number of carbonyl (C=O) groups is 1. The maximum absolute atomic E-state index is 13.3. The van der Waals surface area contributed by atoms with Crippen molar-refractivity contribution in [3.8, 4) is 0 Å². The number of halogens is 5. The van der Waals surface area contributed by atoms with Crippen LogP contribution in [0.15, 0.2) is 42.6 Å². The smallest absolute Gasteiger partial charge is 0.302 e.